The lowest BCUT2D eigenvalue weighted by molar-refractivity contribution is 0.300. The minimum absolute atomic E-state index is 0.0690. The Balaban J connectivity index is 1.40. The third kappa shape index (κ3) is 2.70. The molecule has 2 bridgehead atoms. The number of allylic oxidation sites excluding steroid dienone is 5. The van der Waals surface area contributed by atoms with Crippen LogP contribution < -0.4 is 4.90 Å². The van der Waals surface area contributed by atoms with E-state index in [1.807, 2.05) is 42.9 Å². The molecule has 0 radical (unpaired) electrons. The lowest BCUT2D eigenvalue weighted by Gasteiger charge is -2.39. The van der Waals surface area contributed by atoms with E-state index in [9.17, 15) is 4.39 Å². The first-order chi connectivity index (χ1) is 13.7. The molecule has 1 aliphatic carbocycles. The van der Waals surface area contributed by atoms with Crippen molar-refractivity contribution in [1.82, 2.24) is 9.55 Å². The van der Waals surface area contributed by atoms with Gasteiger partial charge in [0.05, 0.1) is 41.5 Å². The molecular weight excluding hydrogens is 351 g/mol. The predicted octanol–water partition coefficient (Wildman–Crippen LogP) is 4.56. The van der Waals surface area contributed by atoms with E-state index in [2.05, 4.69) is 26.3 Å². The summed E-state index contributed by atoms with van der Waals surface area (Å²) < 4.78 is 16.9. The number of benzene rings is 1. The van der Waals surface area contributed by atoms with Crippen LogP contribution in [0, 0.1) is 17.2 Å². The zero-order chi connectivity index (χ0) is 19.1. The van der Waals surface area contributed by atoms with E-state index in [1.54, 1.807) is 6.08 Å². The van der Waals surface area contributed by atoms with Crippen LogP contribution in [0.1, 0.15) is 30.1 Å². The van der Waals surface area contributed by atoms with Gasteiger partial charge in [-0.2, -0.15) is 5.26 Å². The molecule has 5 rings (SSSR count). The number of fused-ring (bicyclic) bond motifs is 2. The van der Waals surface area contributed by atoms with Gasteiger partial charge in [0.25, 0.3) is 0 Å². The molecule has 4 nitrogen and oxygen atoms in total. The van der Waals surface area contributed by atoms with Crippen LogP contribution in [0.2, 0.25) is 0 Å². The summed E-state index contributed by atoms with van der Waals surface area (Å²) in [5.74, 6) is 0.119. The summed E-state index contributed by atoms with van der Waals surface area (Å²) in [5.41, 5.74) is 7.65. The minimum Gasteiger partial charge on any atom is -0.372 e. The van der Waals surface area contributed by atoms with Gasteiger partial charge in [0.1, 0.15) is 5.83 Å². The highest BCUT2D eigenvalue weighted by Gasteiger charge is 2.35. The Labute approximate surface area is 163 Å². The van der Waals surface area contributed by atoms with Crippen molar-refractivity contribution in [3.63, 3.8) is 0 Å². The Morgan fingerprint density at radius 1 is 1.18 bits per heavy atom. The minimum atomic E-state index is -0.204. The van der Waals surface area contributed by atoms with E-state index in [4.69, 9.17) is 5.26 Å². The van der Waals surface area contributed by atoms with E-state index in [1.165, 1.54) is 6.08 Å². The van der Waals surface area contributed by atoms with Gasteiger partial charge in [0.15, 0.2) is 0 Å². The largest absolute Gasteiger partial charge is 0.372 e. The Bertz CT molecular complexity index is 1080. The van der Waals surface area contributed by atoms with Crippen molar-refractivity contribution in [2.24, 2.45) is 5.92 Å². The van der Waals surface area contributed by atoms with E-state index >= 15 is 0 Å². The number of piperidine rings is 1. The molecule has 0 amide bonds. The third-order valence-corrected chi connectivity index (χ3v) is 5.92. The molecule has 1 unspecified atom stereocenters. The molecule has 3 heterocycles. The lowest BCUT2D eigenvalue weighted by atomic mass is 9.83. The highest BCUT2D eigenvalue weighted by atomic mass is 19.1. The Morgan fingerprint density at radius 2 is 1.96 bits per heavy atom. The van der Waals surface area contributed by atoms with Gasteiger partial charge in [-0.1, -0.05) is 6.08 Å². The lowest BCUT2D eigenvalue weighted by Crippen LogP contribution is -2.37. The second kappa shape index (κ2) is 6.67. The molecule has 0 N–H and O–H groups in total. The highest BCUT2D eigenvalue weighted by molar-refractivity contribution is 5.75. The fourth-order valence-corrected chi connectivity index (χ4v) is 4.49. The summed E-state index contributed by atoms with van der Waals surface area (Å²) >= 11 is 0. The number of aromatic nitrogens is 2. The molecule has 28 heavy (non-hydrogen) atoms. The average molecular weight is 370 g/mol. The van der Waals surface area contributed by atoms with Gasteiger partial charge < -0.3 is 9.47 Å². The van der Waals surface area contributed by atoms with Crippen molar-refractivity contribution in [2.45, 2.75) is 18.9 Å². The first-order valence-corrected chi connectivity index (χ1v) is 9.57. The number of nitrogens with zero attached hydrogens (tertiary/aromatic N) is 4. The van der Waals surface area contributed by atoms with Gasteiger partial charge in [-0.3, -0.25) is 0 Å². The summed E-state index contributed by atoms with van der Waals surface area (Å²) in [6.07, 6.45) is 10.8. The molecule has 3 aliphatic rings. The molecule has 1 saturated heterocycles. The molecule has 1 aromatic carbocycles. The summed E-state index contributed by atoms with van der Waals surface area (Å²) in [5, 5.41) is 8.97. The Kier molecular flexibility index (Phi) is 4.00. The first-order valence-electron chi connectivity index (χ1n) is 9.57. The summed E-state index contributed by atoms with van der Waals surface area (Å²) in [7, 11) is 0. The zero-order valence-electron chi connectivity index (χ0n) is 15.3. The number of imidazole rings is 1. The zero-order valence-corrected chi connectivity index (χ0v) is 15.3. The molecule has 0 spiro atoms. The van der Waals surface area contributed by atoms with Gasteiger partial charge >= 0.3 is 0 Å². The summed E-state index contributed by atoms with van der Waals surface area (Å²) in [4.78, 5) is 6.66. The second-order valence-corrected chi connectivity index (χ2v) is 7.44. The smallest absolute Gasteiger partial charge is 0.136 e. The topological polar surface area (TPSA) is 44.9 Å². The maximum Gasteiger partial charge on any atom is 0.136 e. The van der Waals surface area contributed by atoms with Crippen LogP contribution in [0.4, 0.5) is 10.1 Å². The van der Waals surface area contributed by atoms with Crippen molar-refractivity contribution >= 4 is 11.3 Å². The van der Waals surface area contributed by atoms with Gasteiger partial charge in [-0.15, -0.1) is 5.73 Å². The van der Waals surface area contributed by atoms with E-state index in [0.717, 1.165) is 42.9 Å². The van der Waals surface area contributed by atoms with Crippen molar-refractivity contribution in [1.29, 1.82) is 5.26 Å². The quantitative estimate of drug-likeness (QED) is 0.728. The number of rotatable bonds is 2. The van der Waals surface area contributed by atoms with E-state index < -0.39 is 0 Å². The second-order valence-electron chi connectivity index (χ2n) is 7.44. The van der Waals surface area contributed by atoms with E-state index in [0.29, 0.717) is 17.1 Å². The molecule has 138 valence electrons. The van der Waals surface area contributed by atoms with E-state index in [-0.39, 0.29) is 11.9 Å². The first kappa shape index (κ1) is 16.8. The van der Waals surface area contributed by atoms with Crippen LogP contribution in [-0.4, -0.2) is 22.6 Å². The van der Waals surface area contributed by atoms with Crippen LogP contribution in [-0.2, 0) is 0 Å². The number of hydrogen-bond donors (Lipinski definition) is 0. The molecule has 1 atom stereocenters. The van der Waals surface area contributed by atoms with Crippen LogP contribution in [0.15, 0.2) is 72.1 Å². The molecule has 0 saturated carbocycles. The molecule has 2 aromatic rings. The number of hydrogen-bond acceptors (Lipinski definition) is 3. The van der Waals surface area contributed by atoms with Crippen LogP contribution in [0.25, 0.3) is 5.57 Å². The van der Waals surface area contributed by atoms with Gasteiger partial charge in [0, 0.05) is 24.4 Å². The van der Waals surface area contributed by atoms with Crippen molar-refractivity contribution in [2.75, 3.05) is 18.0 Å². The number of anilines is 1. The Morgan fingerprint density at radius 3 is 2.71 bits per heavy atom. The summed E-state index contributed by atoms with van der Waals surface area (Å²) in [6, 6.07) is 9.81. The Hall–Kier alpha value is -3.35. The van der Waals surface area contributed by atoms with Crippen LogP contribution in [0.3, 0.4) is 0 Å². The number of nitriles is 1. The van der Waals surface area contributed by atoms with Crippen molar-refractivity contribution < 1.29 is 4.39 Å². The summed E-state index contributed by atoms with van der Waals surface area (Å²) in [6.45, 7) is 1.81. The maximum absolute atomic E-state index is 14.8. The fraction of sp³-hybridized carbons (Fsp3) is 0.261. The van der Waals surface area contributed by atoms with Crippen molar-refractivity contribution in [3.05, 3.63) is 83.4 Å². The van der Waals surface area contributed by atoms with Gasteiger partial charge in [-0.25, -0.2) is 9.37 Å². The normalized spacial score (nSPS) is 21.2. The van der Waals surface area contributed by atoms with Crippen LogP contribution in [0.5, 0.6) is 0 Å². The molecule has 1 aromatic heterocycles. The standard InChI is InChI=1S/C23H19FN4/c24-21-3-1-2-18-12-20(21)23(28-15-26-14-22(18)28)17-8-10-27(11-9-17)19-6-4-16(13-25)5-7-19/h1-7,14-15,17,23H,8-11H2. The molecule has 5 heteroatoms. The molecule has 2 aliphatic heterocycles. The number of halogens is 1. The van der Waals surface area contributed by atoms with Crippen LogP contribution >= 0.6 is 0 Å². The molecule has 1 fully saturated rings. The van der Waals surface area contributed by atoms with Gasteiger partial charge in [0.2, 0.25) is 0 Å². The highest BCUT2D eigenvalue weighted by Crippen LogP contribution is 2.43. The van der Waals surface area contributed by atoms with Crippen molar-refractivity contribution in [3.8, 4) is 6.07 Å². The predicted molar refractivity (Wildman–Crippen MR) is 106 cm³/mol. The fourth-order valence-electron chi connectivity index (χ4n) is 4.49. The monoisotopic (exact) mass is 370 g/mol. The third-order valence-electron chi connectivity index (χ3n) is 5.92. The SMILES string of the molecule is N#Cc1ccc(N2CCC(C3C4=C=C(C=CC=C4F)c4cncn43)CC2)cc1. The maximum atomic E-state index is 14.8. The average Bonchev–Trinajstić information content (AvgIpc) is 3.17. The molecular formula is C23H19FN4. The van der Waals surface area contributed by atoms with Gasteiger partial charge in [-0.05, 0) is 55.2 Å².